The van der Waals surface area contributed by atoms with Crippen LogP contribution in [0.5, 0.6) is 0 Å². The van der Waals surface area contributed by atoms with Gasteiger partial charge < -0.3 is 10.6 Å². The van der Waals surface area contributed by atoms with Crippen LogP contribution < -0.4 is 10.6 Å². The van der Waals surface area contributed by atoms with E-state index in [1.807, 2.05) is 0 Å². The summed E-state index contributed by atoms with van der Waals surface area (Å²) in [5, 5.41) is 7.23. The quantitative estimate of drug-likeness (QED) is 0.621. The molecule has 2 unspecified atom stereocenters. The topological polar surface area (TPSA) is 24.1 Å². The summed E-state index contributed by atoms with van der Waals surface area (Å²) in [5.74, 6) is 0.699. The van der Waals surface area contributed by atoms with E-state index in [4.69, 9.17) is 0 Å². The van der Waals surface area contributed by atoms with Gasteiger partial charge in [-0.3, -0.25) is 0 Å². The highest BCUT2D eigenvalue weighted by atomic mass is 14.9. The molecule has 0 aromatic carbocycles. The van der Waals surface area contributed by atoms with Gasteiger partial charge in [0.2, 0.25) is 0 Å². The Morgan fingerprint density at radius 2 is 1.63 bits per heavy atom. The number of hydrogen-bond donors (Lipinski definition) is 2. The van der Waals surface area contributed by atoms with Crippen LogP contribution in [0.1, 0.15) is 74.1 Å². The van der Waals surface area contributed by atoms with Gasteiger partial charge in [-0.2, -0.15) is 0 Å². The fraction of sp³-hybridized carbons (Fsp3) is 1.00. The van der Waals surface area contributed by atoms with Gasteiger partial charge in [0.05, 0.1) is 0 Å². The Labute approximate surface area is 122 Å². The zero-order valence-corrected chi connectivity index (χ0v) is 14.7. The second-order valence-corrected chi connectivity index (χ2v) is 7.63. The molecule has 0 saturated heterocycles. The van der Waals surface area contributed by atoms with Crippen LogP contribution in [-0.4, -0.2) is 25.2 Å². The first-order valence-corrected chi connectivity index (χ1v) is 8.09. The Morgan fingerprint density at radius 1 is 1.05 bits per heavy atom. The van der Waals surface area contributed by atoms with Crippen molar-refractivity contribution < 1.29 is 0 Å². The molecule has 0 radical (unpaired) electrons. The van der Waals surface area contributed by atoms with Crippen molar-refractivity contribution in [3.8, 4) is 0 Å². The van der Waals surface area contributed by atoms with E-state index in [0.717, 1.165) is 6.54 Å². The van der Waals surface area contributed by atoms with Crippen molar-refractivity contribution in [1.82, 2.24) is 10.6 Å². The third-order valence-corrected chi connectivity index (χ3v) is 4.41. The van der Waals surface area contributed by atoms with Crippen molar-refractivity contribution in [2.24, 2.45) is 11.3 Å². The Balaban J connectivity index is 4.34. The summed E-state index contributed by atoms with van der Waals surface area (Å²) in [4.78, 5) is 0. The molecular formula is C17H38N2. The van der Waals surface area contributed by atoms with E-state index >= 15 is 0 Å². The Bertz CT molecular complexity index is 233. The van der Waals surface area contributed by atoms with Crippen molar-refractivity contribution >= 4 is 0 Å². The molecule has 0 saturated carbocycles. The molecular weight excluding hydrogens is 232 g/mol. The van der Waals surface area contributed by atoms with Crippen LogP contribution in [0.15, 0.2) is 0 Å². The van der Waals surface area contributed by atoms with Gasteiger partial charge in [-0.1, -0.05) is 41.0 Å². The molecule has 19 heavy (non-hydrogen) atoms. The van der Waals surface area contributed by atoms with Crippen LogP contribution in [0.4, 0.5) is 0 Å². The standard InChI is InChI=1S/C17H38N2/c1-9-11-16(4,5)13-19-15(10-2)14(3)12-17(6,7)18-8/h14-15,18-19H,9-13H2,1-8H3. The summed E-state index contributed by atoms with van der Waals surface area (Å²) >= 11 is 0. The van der Waals surface area contributed by atoms with Gasteiger partial charge >= 0.3 is 0 Å². The molecule has 0 aromatic rings. The van der Waals surface area contributed by atoms with Gasteiger partial charge in [-0.05, 0) is 51.5 Å². The SMILES string of the molecule is CCCC(C)(C)CNC(CC)C(C)CC(C)(C)NC. The molecule has 0 fully saturated rings. The zero-order valence-electron chi connectivity index (χ0n) is 14.7. The summed E-state index contributed by atoms with van der Waals surface area (Å²) in [6.45, 7) is 17.4. The average Bonchev–Trinajstić information content (AvgIpc) is 2.29. The fourth-order valence-corrected chi connectivity index (χ4v) is 2.97. The summed E-state index contributed by atoms with van der Waals surface area (Å²) in [5.41, 5.74) is 0.647. The molecule has 2 N–H and O–H groups in total. The third-order valence-electron chi connectivity index (χ3n) is 4.41. The lowest BCUT2D eigenvalue weighted by Gasteiger charge is -2.34. The average molecular weight is 271 g/mol. The van der Waals surface area contributed by atoms with Crippen molar-refractivity contribution in [1.29, 1.82) is 0 Å². The lowest BCUT2D eigenvalue weighted by Crippen LogP contribution is -2.45. The maximum atomic E-state index is 3.81. The van der Waals surface area contributed by atoms with E-state index in [-0.39, 0.29) is 5.54 Å². The van der Waals surface area contributed by atoms with Gasteiger partial charge in [-0.25, -0.2) is 0 Å². The highest BCUT2D eigenvalue weighted by molar-refractivity contribution is 4.84. The molecule has 0 aliphatic rings. The molecule has 0 bridgehead atoms. The molecule has 0 spiro atoms. The van der Waals surface area contributed by atoms with Crippen molar-refractivity contribution in [3.63, 3.8) is 0 Å². The minimum Gasteiger partial charge on any atom is -0.315 e. The first kappa shape index (κ1) is 18.9. The summed E-state index contributed by atoms with van der Waals surface area (Å²) in [6.07, 6.45) is 4.99. The van der Waals surface area contributed by atoms with E-state index in [1.165, 1.54) is 25.7 Å². The van der Waals surface area contributed by atoms with E-state index in [2.05, 4.69) is 66.1 Å². The molecule has 0 aromatic heterocycles. The minimum absolute atomic E-state index is 0.230. The second kappa shape index (κ2) is 8.26. The van der Waals surface area contributed by atoms with Crippen LogP contribution in [-0.2, 0) is 0 Å². The molecule has 0 aliphatic heterocycles. The van der Waals surface area contributed by atoms with E-state index in [9.17, 15) is 0 Å². The monoisotopic (exact) mass is 270 g/mol. The Hall–Kier alpha value is -0.0800. The molecule has 0 amide bonds. The van der Waals surface area contributed by atoms with Gasteiger partial charge in [0.25, 0.3) is 0 Å². The van der Waals surface area contributed by atoms with E-state index in [0.29, 0.717) is 17.4 Å². The van der Waals surface area contributed by atoms with Crippen molar-refractivity contribution in [2.45, 2.75) is 85.7 Å². The maximum absolute atomic E-state index is 3.81. The fourth-order valence-electron chi connectivity index (χ4n) is 2.97. The predicted molar refractivity (Wildman–Crippen MR) is 87.7 cm³/mol. The molecule has 2 nitrogen and oxygen atoms in total. The first-order valence-electron chi connectivity index (χ1n) is 8.09. The smallest absolute Gasteiger partial charge is 0.0125 e. The number of nitrogens with one attached hydrogen (secondary N) is 2. The lowest BCUT2D eigenvalue weighted by molar-refractivity contribution is 0.232. The van der Waals surface area contributed by atoms with Crippen LogP contribution in [0.2, 0.25) is 0 Å². The molecule has 0 aliphatic carbocycles. The molecule has 116 valence electrons. The second-order valence-electron chi connectivity index (χ2n) is 7.63. The number of rotatable bonds is 10. The highest BCUT2D eigenvalue weighted by Crippen LogP contribution is 2.24. The van der Waals surface area contributed by atoms with Gasteiger partial charge in [0.15, 0.2) is 0 Å². The van der Waals surface area contributed by atoms with Gasteiger partial charge in [-0.15, -0.1) is 0 Å². The van der Waals surface area contributed by atoms with E-state index < -0.39 is 0 Å². The Kier molecular flexibility index (Phi) is 8.23. The molecule has 2 heteroatoms. The number of hydrogen-bond acceptors (Lipinski definition) is 2. The Morgan fingerprint density at radius 3 is 2.05 bits per heavy atom. The summed E-state index contributed by atoms with van der Waals surface area (Å²) in [6, 6.07) is 0.628. The largest absolute Gasteiger partial charge is 0.315 e. The highest BCUT2D eigenvalue weighted by Gasteiger charge is 2.25. The predicted octanol–water partition coefficient (Wildman–Crippen LogP) is 4.21. The van der Waals surface area contributed by atoms with Gasteiger partial charge in [0.1, 0.15) is 0 Å². The maximum Gasteiger partial charge on any atom is 0.0125 e. The van der Waals surface area contributed by atoms with Crippen LogP contribution >= 0.6 is 0 Å². The zero-order chi connectivity index (χ0) is 15.1. The van der Waals surface area contributed by atoms with Crippen LogP contribution in [0, 0.1) is 11.3 Å². The van der Waals surface area contributed by atoms with Gasteiger partial charge in [0, 0.05) is 18.1 Å². The molecule has 0 heterocycles. The minimum atomic E-state index is 0.230. The first-order chi connectivity index (χ1) is 8.67. The van der Waals surface area contributed by atoms with Crippen molar-refractivity contribution in [2.75, 3.05) is 13.6 Å². The molecule has 0 rings (SSSR count). The third kappa shape index (κ3) is 7.94. The van der Waals surface area contributed by atoms with Crippen LogP contribution in [0.25, 0.3) is 0 Å². The van der Waals surface area contributed by atoms with Crippen LogP contribution in [0.3, 0.4) is 0 Å². The normalized spacial score (nSPS) is 16.4. The summed E-state index contributed by atoms with van der Waals surface area (Å²) in [7, 11) is 2.06. The lowest BCUT2D eigenvalue weighted by atomic mass is 9.84. The van der Waals surface area contributed by atoms with E-state index in [1.54, 1.807) is 0 Å². The summed E-state index contributed by atoms with van der Waals surface area (Å²) < 4.78 is 0. The van der Waals surface area contributed by atoms with Crippen molar-refractivity contribution in [3.05, 3.63) is 0 Å². The molecule has 2 atom stereocenters.